The van der Waals surface area contributed by atoms with Crippen LogP contribution in [-0.2, 0) is 16.0 Å². The van der Waals surface area contributed by atoms with E-state index in [1.807, 2.05) is 0 Å². The summed E-state index contributed by atoms with van der Waals surface area (Å²) in [6, 6.07) is 3.04. The number of rotatable bonds is 1. The second-order valence-electron chi connectivity index (χ2n) is 2.88. The van der Waals surface area contributed by atoms with Crippen LogP contribution < -0.4 is 0 Å². The lowest BCUT2D eigenvalue weighted by Gasteiger charge is -2.12. The van der Waals surface area contributed by atoms with Crippen LogP contribution in [0.15, 0.2) is 23.1 Å². The molecule has 0 amide bonds. The van der Waals surface area contributed by atoms with E-state index in [0.29, 0.717) is 6.26 Å². The summed E-state index contributed by atoms with van der Waals surface area (Å²) in [5.41, 5.74) is -1.31. The maximum atomic E-state index is 12.5. The quantitative estimate of drug-likeness (QED) is 0.776. The fraction of sp³-hybridized carbons (Fsp3) is 0.250. The van der Waals surface area contributed by atoms with Crippen molar-refractivity contribution in [1.29, 1.82) is 0 Å². The van der Waals surface area contributed by atoms with Crippen molar-refractivity contribution in [1.82, 2.24) is 0 Å². The maximum Gasteiger partial charge on any atom is 0.419 e. The molecule has 0 spiro atoms. The largest absolute Gasteiger partial charge is 0.419 e. The molecule has 0 unspecified atom stereocenters. The van der Waals surface area contributed by atoms with Crippen molar-refractivity contribution in [2.75, 3.05) is 6.26 Å². The molecule has 7 heteroatoms. The number of hydrogen-bond donors (Lipinski definition) is 0. The monoisotopic (exact) mass is 258 g/mol. The van der Waals surface area contributed by atoms with Gasteiger partial charge in [-0.2, -0.15) is 13.2 Å². The molecule has 1 aromatic carbocycles. The fourth-order valence-corrected chi connectivity index (χ4v) is 2.35. The molecule has 0 bridgehead atoms. The second-order valence-corrected chi connectivity index (χ2v) is 5.27. The summed E-state index contributed by atoms with van der Waals surface area (Å²) in [6.07, 6.45) is -4.08. The molecule has 0 saturated carbocycles. The number of alkyl halides is 3. The Morgan fingerprint density at radius 3 is 2.13 bits per heavy atom. The molecule has 0 aliphatic carbocycles. The van der Waals surface area contributed by atoms with E-state index in [4.69, 9.17) is 11.6 Å². The van der Waals surface area contributed by atoms with Crippen LogP contribution in [0, 0.1) is 0 Å². The Balaban J connectivity index is 3.63. The third kappa shape index (κ3) is 2.63. The van der Waals surface area contributed by atoms with Gasteiger partial charge in [0, 0.05) is 6.26 Å². The second kappa shape index (κ2) is 3.68. The van der Waals surface area contributed by atoms with Crippen LogP contribution in [0.25, 0.3) is 0 Å². The summed E-state index contributed by atoms with van der Waals surface area (Å²) < 4.78 is 59.7. The summed E-state index contributed by atoms with van der Waals surface area (Å²) >= 11 is 5.34. The highest BCUT2D eigenvalue weighted by Gasteiger charge is 2.38. The minimum absolute atomic E-state index is 0.620. The molecule has 0 fully saturated rings. The Hall–Kier alpha value is -0.750. The van der Waals surface area contributed by atoms with Gasteiger partial charge in [-0.05, 0) is 12.1 Å². The Bertz CT molecular complexity index is 479. The average Bonchev–Trinajstić information content (AvgIpc) is 1.99. The van der Waals surface area contributed by atoms with E-state index in [9.17, 15) is 21.6 Å². The van der Waals surface area contributed by atoms with Gasteiger partial charge in [-0.1, -0.05) is 17.7 Å². The van der Waals surface area contributed by atoms with Gasteiger partial charge in [0.2, 0.25) is 0 Å². The zero-order valence-corrected chi connectivity index (χ0v) is 9.04. The molecule has 1 rings (SSSR count). The first-order chi connectivity index (χ1) is 6.64. The summed E-state index contributed by atoms with van der Waals surface area (Å²) in [6.45, 7) is 0. The summed E-state index contributed by atoms with van der Waals surface area (Å²) in [5.74, 6) is 0. The third-order valence-corrected chi connectivity index (χ3v) is 3.11. The van der Waals surface area contributed by atoms with E-state index in [0.717, 1.165) is 18.2 Å². The number of hydrogen-bond acceptors (Lipinski definition) is 2. The van der Waals surface area contributed by atoms with Crippen molar-refractivity contribution in [3.05, 3.63) is 28.8 Å². The van der Waals surface area contributed by atoms with Gasteiger partial charge in [-0.15, -0.1) is 0 Å². The third-order valence-electron chi connectivity index (χ3n) is 1.66. The lowest BCUT2D eigenvalue weighted by molar-refractivity contribution is -0.139. The van der Waals surface area contributed by atoms with Gasteiger partial charge in [-0.25, -0.2) is 8.42 Å². The fourth-order valence-electron chi connectivity index (χ4n) is 1.09. The molecule has 0 aromatic heterocycles. The van der Waals surface area contributed by atoms with Crippen LogP contribution in [0.5, 0.6) is 0 Å². The van der Waals surface area contributed by atoms with Crippen LogP contribution in [0.4, 0.5) is 13.2 Å². The van der Waals surface area contributed by atoms with Crippen molar-refractivity contribution in [2.45, 2.75) is 11.1 Å². The minimum Gasteiger partial charge on any atom is -0.224 e. The molecule has 0 aliphatic rings. The van der Waals surface area contributed by atoms with E-state index < -0.39 is 31.5 Å². The Kier molecular flexibility index (Phi) is 3.02. The Morgan fingerprint density at radius 1 is 1.27 bits per heavy atom. The van der Waals surface area contributed by atoms with Crippen molar-refractivity contribution in [2.24, 2.45) is 0 Å². The van der Waals surface area contributed by atoms with Gasteiger partial charge in [0.05, 0.1) is 15.5 Å². The first kappa shape index (κ1) is 12.3. The first-order valence-electron chi connectivity index (χ1n) is 3.70. The smallest absolute Gasteiger partial charge is 0.224 e. The first-order valence-corrected chi connectivity index (χ1v) is 5.97. The number of sulfone groups is 1. The highest BCUT2D eigenvalue weighted by atomic mass is 35.5. The van der Waals surface area contributed by atoms with Crippen LogP contribution in [0.2, 0.25) is 5.02 Å². The van der Waals surface area contributed by atoms with Gasteiger partial charge >= 0.3 is 6.18 Å². The SMILES string of the molecule is CS(=O)(=O)c1cccc(Cl)c1C(F)(F)F. The van der Waals surface area contributed by atoms with Gasteiger partial charge in [0.15, 0.2) is 9.84 Å². The molecule has 0 radical (unpaired) electrons. The van der Waals surface area contributed by atoms with E-state index in [2.05, 4.69) is 0 Å². The topological polar surface area (TPSA) is 34.1 Å². The molecule has 0 saturated heterocycles. The van der Waals surface area contributed by atoms with Gasteiger partial charge in [0.1, 0.15) is 0 Å². The Morgan fingerprint density at radius 2 is 1.80 bits per heavy atom. The summed E-state index contributed by atoms with van der Waals surface area (Å²) in [4.78, 5) is -0.803. The average molecular weight is 259 g/mol. The van der Waals surface area contributed by atoms with Gasteiger partial charge in [0.25, 0.3) is 0 Å². The maximum absolute atomic E-state index is 12.5. The lowest BCUT2D eigenvalue weighted by atomic mass is 10.2. The summed E-state index contributed by atoms with van der Waals surface area (Å²) in [5, 5.41) is -0.620. The van der Waals surface area contributed by atoms with Crippen LogP contribution in [-0.4, -0.2) is 14.7 Å². The van der Waals surface area contributed by atoms with Crippen molar-refractivity contribution in [3.8, 4) is 0 Å². The van der Waals surface area contributed by atoms with Crippen LogP contribution >= 0.6 is 11.6 Å². The summed E-state index contributed by atoms with van der Waals surface area (Å²) in [7, 11) is -3.94. The molecule has 2 nitrogen and oxygen atoms in total. The van der Waals surface area contributed by atoms with E-state index in [1.54, 1.807) is 0 Å². The van der Waals surface area contributed by atoms with Crippen molar-refractivity contribution >= 4 is 21.4 Å². The Labute approximate surface area is 89.6 Å². The predicted molar refractivity (Wildman–Crippen MR) is 49.6 cm³/mol. The normalized spacial score (nSPS) is 12.9. The van der Waals surface area contributed by atoms with Crippen molar-refractivity contribution < 1.29 is 21.6 Å². The van der Waals surface area contributed by atoms with Gasteiger partial charge < -0.3 is 0 Å². The number of halogens is 4. The van der Waals surface area contributed by atoms with E-state index in [1.165, 1.54) is 0 Å². The molecule has 0 N–H and O–H groups in total. The zero-order valence-electron chi connectivity index (χ0n) is 7.47. The van der Waals surface area contributed by atoms with Crippen LogP contribution in [0.3, 0.4) is 0 Å². The molecular formula is C8H6ClF3O2S. The predicted octanol–water partition coefficient (Wildman–Crippen LogP) is 2.76. The van der Waals surface area contributed by atoms with Crippen molar-refractivity contribution in [3.63, 3.8) is 0 Å². The van der Waals surface area contributed by atoms with E-state index >= 15 is 0 Å². The molecule has 15 heavy (non-hydrogen) atoms. The molecule has 0 heterocycles. The highest BCUT2D eigenvalue weighted by molar-refractivity contribution is 7.90. The highest BCUT2D eigenvalue weighted by Crippen LogP contribution is 2.38. The van der Waals surface area contributed by atoms with Gasteiger partial charge in [-0.3, -0.25) is 0 Å². The molecule has 0 atom stereocenters. The van der Waals surface area contributed by atoms with Crippen LogP contribution in [0.1, 0.15) is 5.56 Å². The zero-order chi connectivity index (χ0) is 11.9. The molecule has 0 aliphatic heterocycles. The lowest BCUT2D eigenvalue weighted by Crippen LogP contribution is -2.13. The molecule has 1 aromatic rings. The van der Waals surface area contributed by atoms with E-state index in [-0.39, 0.29) is 0 Å². The molecular weight excluding hydrogens is 253 g/mol. The molecule has 84 valence electrons. The standard InChI is InChI=1S/C8H6ClF3O2S/c1-15(13,14)6-4-2-3-5(9)7(6)8(10,11)12/h2-4H,1H3. The minimum atomic E-state index is -4.78. The number of benzene rings is 1.